The van der Waals surface area contributed by atoms with Crippen molar-refractivity contribution >= 4 is 22.8 Å². The number of amides is 1. The van der Waals surface area contributed by atoms with Crippen LogP contribution in [0.2, 0.25) is 0 Å². The number of pyridine rings is 1. The third-order valence-electron chi connectivity index (χ3n) is 4.27. The number of likely N-dealkylation sites (tertiary alicyclic amines) is 1. The number of piperidine rings is 1. The molecule has 1 aliphatic rings. The quantitative estimate of drug-likeness (QED) is 0.818. The lowest BCUT2D eigenvalue weighted by Gasteiger charge is -2.31. The topological polar surface area (TPSA) is 59.5 Å². The van der Waals surface area contributed by atoms with Crippen LogP contribution in [0.5, 0.6) is 0 Å². The summed E-state index contributed by atoms with van der Waals surface area (Å²) in [7, 11) is 0. The highest BCUT2D eigenvalue weighted by Gasteiger charge is 2.29. The molecule has 120 valence electrons. The molecule has 1 saturated heterocycles. The van der Waals surface area contributed by atoms with Gasteiger partial charge in [0.25, 0.3) is 5.91 Å². The zero-order valence-corrected chi connectivity index (χ0v) is 13.2. The minimum Gasteiger partial charge on any atom is -0.466 e. The SMILES string of the molecule is CCOC(=O)C1CCN(C(=O)c2cccc3cccnc23)CC1. The van der Waals surface area contributed by atoms with Gasteiger partial charge in [0.05, 0.1) is 23.6 Å². The fourth-order valence-electron chi connectivity index (χ4n) is 3.03. The molecule has 1 aromatic carbocycles. The van der Waals surface area contributed by atoms with Gasteiger partial charge in [0.15, 0.2) is 0 Å². The van der Waals surface area contributed by atoms with Gasteiger partial charge in [0, 0.05) is 24.7 Å². The average molecular weight is 312 g/mol. The molecule has 0 N–H and O–H groups in total. The van der Waals surface area contributed by atoms with E-state index in [1.54, 1.807) is 11.1 Å². The first-order valence-corrected chi connectivity index (χ1v) is 8.00. The Morgan fingerprint density at radius 3 is 2.70 bits per heavy atom. The highest BCUT2D eigenvalue weighted by Crippen LogP contribution is 2.23. The lowest BCUT2D eigenvalue weighted by atomic mass is 9.96. The maximum atomic E-state index is 12.8. The Hall–Kier alpha value is -2.43. The minimum atomic E-state index is -0.147. The average Bonchev–Trinajstić information content (AvgIpc) is 2.61. The van der Waals surface area contributed by atoms with Crippen molar-refractivity contribution in [2.45, 2.75) is 19.8 Å². The first kappa shape index (κ1) is 15.5. The van der Waals surface area contributed by atoms with Gasteiger partial charge in [-0.3, -0.25) is 14.6 Å². The van der Waals surface area contributed by atoms with Crippen molar-refractivity contribution in [3.05, 3.63) is 42.1 Å². The molecular formula is C18H20N2O3. The van der Waals surface area contributed by atoms with E-state index in [4.69, 9.17) is 4.74 Å². The molecule has 0 aliphatic carbocycles. The second-order valence-corrected chi connectivity index (χ2v) is 5.70. The number of fused-ring (bicyclic) bond motifs is 1. The summed E-state index contributed by atoms with van der Waals surface area (Å²) in [5, 5.41) is 0.958. The summed E-state index contributed by atoms with van der Waals surface area (Å²) in [5.41, 5.74) is 1.35. The van der Waals surface area contributed by atoms with Crippen LogP contribution in [0.3, 0.4) is 0 Å². The number of esters is 1. The summed E-state index contributed by atoms with van der Waals surface area (Å²) in [5.74, 6) is -0.257. The second-order valence-electron chi connectivity index (χ2n) is 5.70. The standard InChI is InChI=1S/C18H20N2O3/c1-2-23-18(22)14-8-11-20(12-9-14)17(21)15-7-3-5-13-6-4-10-19-16(13)15/h3-7,10,14H,2,8-9,11-12H2,1H3. The van der Waals surface area contributed by atoms with Crippen LogP contribution in [0.25, 0.3) is 10.9 Å². The normalized spacial score (nSPS) is 15.6. The number of rotatable bonds is 3. The maximum absolute atomic E-state index is 12.8. The first-order valence-electron chi connectivity index (χ1n) is 8.00. The molecule has 3 rings (SSSR count). The molecule has 1 fully saturated rings. The van der Waals surface area contributed by atoms with Gasteiger partial charge in [-0.05, 0) is 31.9 Å². The molecule has 0 atom stereocenters. The van der Waals surface area contributed by atoms with E-state index in [0.717, 1.165) is 10.9 Å². The Balaban J connectivity index is 1.73. The third kappa shape index (κ3) is 3.18. The molecule has 0 saturated carbocycles. The van der Waals surface area contributed by atoms with Gasteiger partial charge < -0.3 is 9.64 Å². The predicted molar refractivity (Wildman–Crippen MR) is 87.0 cm³/mol. The number of nitrogens with zero attached hydrogens (tertiary/aromatic N) is 2. The van der Waals surface area contributed by atoms with Crippen molar-refractivity contribution in [2.75, 3.05) is 19.7 Å². The molecular weight excluding hydrogens is 292 g/mol. The molecule has 2 aromatic rings. The number of hydrogen-bond acceptors (Lipinski definition) is 4. The van der Waals surface area contributed by atoms with E-state index in [9.17, 15) is 9.59 Å². The first-order chi connectivity index (χ1) is 11.2. The Bertz CT molecular complexity index is 716. The molecule has 1 aliphatic heterocycles. The van der Waals surface area contributed by atoms with Crippen LogP contribution < -0.4 is 0 Å². The number of para-hydroxylation sites is 1. The van der Waals surface area contributed by atoms with Crippen molar-refractivity contribution in [3.63, 3.8) is 0 Å². The van der Waals surface area contributed by atoms with Crippen LogP contribution >= 0.6 is 0 Å². The van der Waals surface area contributed by atoms with Crippen LogP contribution in [-0.2, 0) is 9.53 Å². The van der Waals surface area contributed by atoms with Crippen LogP contribution in [-0.4, -0.2) is 41.5 Å². The van der Waals surface area contributed by atoms with E-state index < -0.39 is 0 Å². The largest absolute Gasteiger partial charge is 0.466 e. The predicted octanol–water partition coefficient (Wildman–Crippen LogP) is 2.65. The molecule has 0 radical (unpaired) electrons. The molecule has 0 bridgehead atoms. The molecule has 2 heterocycles. The lowest BCUT2D eigenvalue weighted by Crippen LogP contribution is -2.40. The zero-order valence-electron chi connectivity index (χ0n) is 13.2. The molecule has 23 heavy (non-hydrogen) atoms. The van der Waals surface area contributed by atoms with E-state index in [0.29, 0.717) is 38.1 Å². The summed E-state index contributed by atoms with van der Waals surface area (Å²) in [6, 6.07) is 9.46. The fraction of sp³-hybridized carbons (Fsp3) is 0.389. The van der Waals surface area contributed by atoms with Crippen LogP contribution in [0, 0.1) is 5.92 Å². The van der Waals surface area contributed by atoms with Gasteiger partial charge in [-0.1, -0.05) is 18.2 Å². The Morgan fingerprint density at radius 1 is 1.22 bits per heavy atom. The summed E-state index contributed by atoms with van der Waals surface area (Å²) < 4.78 is 5.07. The Kier molecular flexibility index (Phi) is 4.55. The summed E-state index contributed by atoms with van der Waals surface area (Å²) in [6.45, 7) is 3.36. The fourth-order valence-corrected chi connectivity index (χ4v) is 3.03. The van der Waals surface area contributed by atoms with Crippen molar-refractivity contribution < 1.29 is 14.3 Å². The molecule has 5 heteroatoms. The van der Waals surface area contributed by atoms with Crippen molar-refractivity contribution in [2.24, 2.45) is 5.92 Å². The summed E-state index contributed by atoms with van der Waals surface area (Å²) in [4.78, 5) is 30.7. The van der Waals surface area contributed by atoms with E-state index in [1.807, 2.05) is 37.3 Å². The lowest BCUT2D eigenvalue weighted by molar-refractivity contribution is -0.149. The van der Waals surface area contributed by atoms with Gasteiger partial charge in [-0.15, -0.1) is 0 Å². The molecule has 1 amide bonds. The Labute approximate surface area is 135 Å². The minimum absolute atomic E-state index is 0.0170. The maximum Gasteiger partial charge on any atom is 0.309 e. The van der Waals surface area contributed by atoms with Crippen molar-refractivity contribution in [1.29, 1.82) is 0 Å². The van der Waals surface area contributed by atoms with Crippen LogP contribution in [0.1, 0.15) is 30.1 Å². The number of aromatic nitrogens is 1. The molecule has 5 nitrogen and oxygen atoms in total. The molecule has 1 aromatic heterocycles. The summed E-state index contributed by atoms with van der Waals surface area (Å²) >= 11 is 0. The van der Waals surface area contributed by atoms with Gasteiger partial charge in [0.2, 0.25) is 0 Å². The van der Waals surface area contributed by atoms with Crippen molar-refractivity contribution in [3.8, 4) is 0 Å². The van der Waals surface area contributed by atoms with E-state index in [2.05, 4.69) is 4.98 Å². The second kappa shape index (κ2) is 6.77. The molecule has 0 unspecified atom stereocenters. The summed E-state index contributed by atoms with van der Waals surface area (Å²) in [6.07, 6.45) is 3.01. The van der Waals surface area contributed by atoms with E-state index in [1.165, 1.54) is 0 Å². The highest BCUT2D eigenvalue weighted by atomic mass is 16.5. The number of benzene rings is 1. The van der Waals surface area contributed by atoms with Gasteiger partial charge in [0.1, 0.15) is 0 Å². The van der Waals surface area contributed by atoms with E-state index in [-0.39, 0.29) is 17.8 Å². The smallest absolute Gasteiger partial charge is 0.309 e. The monoisotopic (exact) mass is 312 g/mol. The third-order valence-corrected chi connectivity index (χ3v) is 4.27. The molecule has 0 spiro atoms. The van der Waals surface area contributed by atoms with Gasteiger partial charge >= 0.3 is 5.97 Å². The van der Waals surface area contributed by atoms with Crippen LogP contribution in [0.4, 0.5) is 0 Å². The highest BCUT2D eigenvalue weighted by molar-refractivity contribution is 6.05. The van der Waals surface area contributed by atoms with Crippen molar-refractivity contribution in [1.82, 2.24) is 9.88 Å². The number of carbonyl (C=O) groups is 2. The van der Waals surface area contributed by atoms with Gasteiger partial charge in [-0.25, -0.2) is 0 Å². The number of hydrogen-bond donors (Lipinski definition) is 0. The Morgan fingerprint density at radius 2 is 1.96 bits per heavy atom. The van der Waals surface area contributed by atoms with Crippen LogP contribution in [0.15, 0.2) is 36.5 Å². The van der Waals surface area contributed by atoms with E-state index >= 15 is 0 Å². The number of ether oxygens (including phenoxy) is 1. The number of carbonyl (C=O) groups excluding carboxylic acids is 2. The van der Waals surface area contributed by atoms with Gasteiger partial charge in [-0.2, -0.15) is 0 Å². The zero-order chi connectivity index (χ0) is 16.2.